The molecule has 2 bridgehead atoms. The molecule has 12 nitrogen and oxygen atoms in total. The van der Waals surface area contributed by atoms with Crippen LogP contribution in [0.2, 0.25) is 0 Å². The number of amides is 2. The number of nitrogens with one attached hydrogen (secondary N) is 3. The van der Waals surface area contributed by atoms with Crippen LogP contribution in [-0.2, 0) is 16.2 Å². The quantitative estimate of drug-likeness (QED) is 0.135. The van der Waals surface area contributed by atoms with Gasteiger partial charge in [-0.1, -0.05) is 52.8 Å². The van der Waals surface area contributed by atoms with Gasteiger partial charge in [0.2, 0.25) is 5.91 Å². The summed E-state index contributed by atoms with van der Waals surface area (Å²) in [5.41, 5.74) is 3.38. The zero-order valence-electron chi connectivity index (χ0n) is 33.9. The molecule has 2 aromatic carbocycles. The molecule has 6 rings (SSSR count). The minimum Gasteiger partial charge on any atom is -0.496 e. The maximum atomic E-state index is 14.3. The van der Waals surface area contributed by atoms with E-state index >= 15 is 0 Å². The van der Waals surface area contributed by atoms with Gasteiger partial charge in [-0.15, -0.1) is 0 Å². The summed E-state index contributed by atoms with van der Waals surface area (Å²) in [6, 6.07) is 10.2. The fourth-order valence-electron chi connectivity index (χ4n) is 9.53. The first-order valence-corrected chi connectivity index (χ1v) is 19.7. The van der Waals surface area contributed by atoms with Gasteiger partial charge in [-0.05, 0) is 100 Å². The van der Waals surface area contributed by atoms with E-state index in [0.29, 0.717) is 63.9 Å². The average Bonchev–Trinajstić information content (AvgIpc) is 3.46. The molecule has 54 heavy (non-hydrogen) atoms. The highest BCUT2D eigenvalue weighted by molar-refractivity contribution is 5.97. The van der Waals surface area contributed by atoms with Crippen molar-refractivity contribution in [2.24, 2.45) is 35.0 Å². The molecular formula is C42H65N5O7. The number of hydrogen-bond donors (Lipinski definition) is 6. The number of rotatable bonds is 16. The van der Waals surface area contributed by atoms with Crippen LogP contribution in [0.3, 0.4) is 0 Å². The molecule has 0 radical (unpaired) electrons. The van der Waals surface area contributed by atoms with E-state index in [4.69, 9.17) is 9.57 Å². The molecule has 4 aliphatic rings. The average molecular weight is 752 g/mol. The van der Waals surface area contributed by atoms with Gasteiger partial charge in [-0.2, -0.15) is 5.06 Å². The van der Waals surface area contributed by atoms with Gasteiger partial charge in [0.05, 0.1) is 26.4 Å². The number of anilines is 1. The number of aliphatic hydroxyl groups excluding tert-OH is 3. The van der Waals surface area contributed by atoms with Gasteiger partial charge in [0.15, 0.2) is 0 Å². The molecule has 3 aliphatic carbocycles. The number of aliphatic hydroxyl groups is 3. The van der Waals surface area contributed by atoms with Crippen LogP contribution in [0.5, 0.6) is 5.75 Å². The van der Waals surface area contributed by atoms with Gasteiger partial charge >= 0.3 is 0 Å². The maximum absolute atomic E-state index is 14.3. The number of methoxy groups -OCH3 is 1. The van der Waals surface area contributed by atoms with Gasteiger partial charge in [0, 0.05) is 46.9 Å². The number of likely N-dealkylation sites (N-methyl/N-ethyl adjacent to an activating group) is 1. The Morgan fingerprint density at radius 2 is 1.81 bits per heavy atom. The van der Waals surface area contributed by atoms with Crippen molar-refractivity contribution in [1.82, 2.24) is 20.6 Å². The monoisotopic (exact) mass is 751 g/mol. The molecule has 10 atom stereocenters. The molecular weight excluding hydrogens is 686 g/mol. The summed E-state index contributed by atoms with van der Waals surface area (Å²) in [7, 11) is 5.55. The van der Waals surface area contributed by atoms with E-state index in [0.717, 1.165) is 12.8 Å². The minimum atomic E-state index is -0.918. The zero-order valence-corrected chi connectivity index (χ0v) is 33.9. The lowest BCUT2D eigenvalue weighted by Gasteiger charge is -2.62. The predicted molar refractivity (Wildman–Crippen MR) is 211 cm³/mol. The van der Waals surface area contributed by atoms with Crippen molar-refractivity contribution in [3.05, 3.63) is 47.5 Å². The van der Waals surface area contributed by atoms with Crippen molar-refractivity contribution in [2.45, 2.75) is 111 Å². The van der Waals surface area contributed by atoms with Crippen LogP contribution in [0.25, 0.3) is 11.1 Å². The lowest BCUT2D eigenvalue weighted by atomic mass is 9.45. The van der Waals surface area contributed by atoms with E-state index in [1.165, 1.54) is 6.42 Å². The van der Waals surface area contributed by atoms with E-state index in [1.807, 2.05) is 44.4 Å². The first-order valence-electron chi connectivity index (χ1n) is 19.7. The van der Waals surface area contributed by atoms with Crippen molar-refractivity contribution in [1.29, 1.82) is 0 Å². The summed E-state index contributed by atoms with van der Waals surface area (Å²) in [5, 5.41) is 42.7. The Morgan fingerprint density at radius 1 is 1.09 bits per heavy atom. The van der Waals surface area contributed by atoms with Gasteiger partial charge in [-0.3, -0.25) is 14.4 Å². The van der Waals surface area contributed by atoms with E-state index < -0.39 is 30.4 Å². The van der Waals surface area contributed by atoms with Crippen LogP contribution < -0.4 is 20.7 Å². The van der Waals surface area contributed by atoms with E-state index in [2.05, 4.69) is 55.5 Å². The lowest BCUT2D eigenvalue weighted by molar-refractivity contribution is -0.183. The topological polar surface area (TPSA) is 156 Å². The molecule has 0 aromatic heterocycles. The van der Waals surface area contributed by atoms with Gasteiger partial charge in [0.25, 0.3) is 5.91 Å². The van der Waals surface area contributed by atoms with Crippen LogP contribution in [-0.4, -0.2) is 108 Å². The number of carbonyl (C=O) groups is 2. The summed E-state index contributed by atoms with van der Waals surface area (Å²) in [5.74, 6) is 1.23. The minimum absolute atomic E-state index is 0.0225. The third-order valence-electron chi connectivity index (χ3n) is 12.2. The zero-order chi connectivity index (χ0) is 39.6. The standard InChI is InChI=1S/C42H65N5O7/c1-23(2)14-32(21-46(8)9)44-40(51)29-15-28(16-31(17-29)43-26(5)50)33-13-11-12-27(39(33)53-10)20-47-38(37(25(4)49)36(22-48)54-47)41(52)45-35-19-30-18-34(24(35)3)42(30,6)7/h11-13,15-17,23-26,30,32,34-38,43,48-50H,14,18-22H2,1-10H3,(H,44,51)(H,45,52)/t24-,25-,26?,30-,32-,34+,35-,36-,37+,38-/m0/s1. The van der Waals surface area contributed by atoms with Gasteiger partial charge in [0.1, 0.15) is 24.1 Å². The Morgan fingerprint density at radius 3 is 2.39 bits per heavy atom. The molecule has 2 amide bonds. The second kappa shape index (κ2) is 17.3. The highest BCUT2D eigenvalue weighted by atomic mass is 16.7. The van der Waals surface area contributed by atoms with Crippen molar-refractivity contribution in [2.75, 3.05) is 39.7 Å². The summed E-state index contributed by atoms with van der Waals surface area (Å²) in [6.07, 6.45) is 0.373. The number of hydrogen-bond acceptors (Lipinski definition) is 10. The molecule has 3 saturated carbocycles. The second-order valence-corrected chi connectivity index (χ2v) is 17.4. The van der Waals surface area contributed by atoms with Crippen LogP contribution in [0.4, 0.5) is 5.69 Å². The number of para-hydroxylation sites is 1. The van der Waals surface area contributed by atoms with Crippen LogP contribution >= 0.6 is 0 Å². The van der Waals surface area contributed by atoms with E-state index in [1.54, 1.807) is 32.1 Å². The molecule has 300 valence electrons. The molecule has 6 N–H and O–H groups in total. The Bertz CT molecular complexity index is 1600. The third kappa shape index (κ3) is 9.06. The molecule has 1 heterocycles. The lowest BCUT2D eigenvalue weighted by Crippen LogP contribution is -2.62. The van der Waals surface area contributed by atoms with Crippen LogP contribution in [0.1, 0.15) is 83.7 Å². The van der Waals surface area contributed by atoms with E-state index in [9.17, 15) is 24.9 Å². The van der Waals surface area contributed by atoms with Crippen molar-refractivity contribution < 1.29 is 34.5 Å². The van der Waals surface area contributed by atoms with E-state index in [-0.39, 0.29) is 42.5 Å². The summed E-state index contributed by atoms with van der Waals surface area (Å²) in [6.45, 7) is 14.9. The molecule has 1 unspecified atom stereocenters. The molecule has 12 heteroatoms. The Balaban J connectivity index is 1.46. The number of nitrogens with zero attached hydrogens (tertiary/aromatic N) is 2. The fourth-order valence-corrected chi connectivity index (χ4v) is 9.53. The number of carbonyl (C=O) groups excluding carboxylic acids is 2. The first kappa shape index (κ1) is 41.9. The Hall–Kier alpha value is -3.26. The summed E-state index contributed by atoms with van der Waals surface area (Å²) >= 11 is 0. The number of benzene rings is 2. The highest BCUT2D eigenvalue weighted by Crippen LogP contribution is 2.61. The SMILES string of the molecule is COc1c(CN2O[C@@H](CO)[C@@H]([C@H](C)O)[C@H]2C(=O)N[C@H]2C[C@@H]3C[C@H]([C@@H]2C)C3(C)C)cccc1-c1cc(NC(C)O)cc(C(=O)N[C@@H](CC(C)C)CN(C)C)c1. The predicted octanol–water partition coefficient (Wildman–Crippen LogP) is 4.48. The molecule has 1 aliphatic heterocycles. The highest BCUT2D eigenvalue weighted by Gasteiger charge is 2.57. The normalized spacial score (nSPS) is 27.9. The number of fused-ring (bicyclic) bond motifs is 2. The summed E-state index contributed by atoms with van der Waals surface area (Å²) in [4.78, 5) is 36.4. The Kier molecular flexibility index (Phi) is 13.4. The van der Waals surface area contributed by atoms with Crippen LogP contribution in [0.15, 0.2) is 36.4 Å². The summed E-state index contributed by atoms with van der Waals surface area (Å²) < 4.78 is 6.05. The Labute approximate surface area is 321 Å². The molecule has 4 fully saturated rings. The third-order valence-corrected chi connectivity index (χ3v) is 12.2. The molecule has 1 saturated heterocycles. The smallest absolute Gasteiger partial charge is 0.251 e. The van der Waals surface area contributed by atoms with Crippen molar-refractivity contribution >= 4 is 17.5 Å². The van der Waals surface area contributed by atoms with Crippen LogP contribution in [0, 0.1) is 35.0 Å². The molecule has 2 aromatic rings. The first-order chi connectivity index (χ1) is 25.4. The fraction of sp³-hybridized carbons (Fsp3) is 0.667. The van der Waals surface area contributed by atoms with Gasteiger partial charge < -0.3 is 40.9 Å². The van der Waals surface area contributed by atoms with Gasteiger partial charge in [-0.25, -0.2) is 0 Å². The molecule has 0 spiro atoms. The number of ether oxygens (including phenoxy) is 1. The largest absolute Gasteiger partial charge is 0.496 e. The number of hydroxylamine groups is 2. The second-order valence-electron chi connectivity index (χ2n) is 17.4. The van der Waals surface area contributed by atoms with Crippen molar-refractivity contribution in [3.63, 3.8) is 0 Å². The maximum Gasteiger partial charge on any atom is 0.251 e. The van der Waals surface area contributed by atoms with Crippen molar-refractivity contribution in [3.8, 4) is 16.9 Å².